The Balaban J connectivity index is 1.71. The van der Waals surface area contributed by atoms with Crippen LogP contribution in [0, 0.1) is 0 Å². The number of hydrogen-bond acceptors (Lipinski definition) is 4. The smallest absolute Gasteiger partial charge is 0.397 e. The molecule has 5 heteroatoms. The number of fused-ring (bicyclic) bond motifs is 1. The zero-order valence-corrected chi connectivity index (χ0v) is 17.3. The van der Waals surface area contributed by atoms with Crippen molar-refractivity contribution in [3.05, 3.63) is 120 Å². The summed E-state index contributed by atoms with van der Waals surface area (Å²) in [5.41, 5.74) is 1.57. The lowest BCUT2D eigenvalue weighted by Crippen LogP contribution is -2.50. The Morgan fingerprint density at radius 2 is 1.61 bits per heavy atom. The highest BCUT2D eigenvalue weighted by Crippen LogP contribution is 2.45. The molecule has 5 rings (SSSR count). The molecule has 0 spiro atoms. The molecule has 0 radical (unpaired) electrons. The van der Waals surface area contributed by atoms with Gasteiger partial charge in [-0.05, 0) is 23.3 Å². The van der Waals surface area contributed by atoms with Gasteiger partial charge in [0.15, 0.2) is 6.04 Å². The summed E-state index contributed by atoms with van der Waals surface area (Å²) in [4.78, 5) is 6.66. The van der Waals surface area contributed by atoms with Crippen LogP contribution in [0.4, 0.5) is 5.95 Å². The zero-order chi connectivity index (χ0) is 21.3. The number of benzene rings is 3. The van der Waals surface area contributed by atoms with Gasteiger partial charge in [0, 0.05) is 11.6 Å². The van der Waals surface area contributed by atoms with Crippen LogP contribution in [0.25, 0.3) is 0 Å². The second kappa shape index (κ2) is 7.85. The topological polar surface area (TPSA) is 49.5 Å². The van der Waals surface area contributed by atoms with Gasteiger partial charge >= 0.3 is 5.95 Å². The number of anilines is 1. The van der Waals surface area contributed by atoms with E-state index >= 15 is 0 Å². The van der Waals surface area contributed by atoms with E-state index in [1.807, 2.05) is 90.0 Å². The maximum Gasteiger partial charge on any atom is 0.397 e. The van der Waals surface area contributed by atoms with Crippen LogP contribution in [-0.2, 0) is 12.3 Å². The van der Waals surface area contributed by atoms with E-state index in [-0.39, 0.29) is 6.04 Å². The van der Waals surface area contributed by atoms with E-state index in [0.29, 0.717) is 6.54 Å². The first kappa shape index (κ1) is 19.3. The highest BCUT2D eigenvalue weighted by Gasteiger charge is 2.59. The van der Waals surface area contributed by atoms with Crippen molar-refractivity contribution in [2.45, 2.75) is 18.3 Å². The predicted molar refractivity (Wildman–Crippen MR) is 119 cm³/mol. The Bertz CT molecular complexity index is 1170. The molecule has 1 aliphatic heterocycles. The van der Waals surface area contributed by atoms with E-state index in [4.69, 9.17) is 4.74 Å². The van der Waals surface area contributed by atoms with Crippen LogP contribution in [-0.4, -0.2) is 17.2 Å². The molecule has 154 valence electrons. The van der Waals surface area contributed by atoms with Crippen molar-refractivity contribution in [3.8, 4) is 5.75 Å². The van der Waals surface area contributed by atoms with Gasteiger partial charge in [0.2, 0.25) is 0 Å². The van der Waals surface area contributed by atoms with Crippen molar-refractivity contribution in [3.63, 3.8) is 0 Å². The normalized spacial score (nSPS) is 19.8. The maximum atomic E-state index is 12.5. The van der Waals surface area contributed by atoms with E-state index in [1.165, 1.54) is 0 Å². The number of rotatable bonds is 5. The molecule has 5 nitrogen and oxygen atoms in total. The van der Waals surface area contributed by atoms with Gasteiger partial charge in [-0.3, -0.25) is 0 Å². The molecule has 0 aliphatic carbocycles. The van der Waals surface area contributed by atoms with Gasteiger partial charge in [0.25, 0.3) is 5.72 Å². The molecule has 0 bridgehead atoms. The Kier molecular flexibility index (Phi) is 4.88. The van der Waals surface area contributed by atoms with Gasteiger partial charge in [-0.2, -0.15) is 0 Å². The fraction of sp³-hybridized carbons (Fsp3) is 0.154. The number of ether oxygens (including phenoxy) is 1. The summed E-state index contributed by atoms with van der Waals surface area (Å²) < 4.78 is 7.40. The molecule has 1 aliphatic rings. The van der Waals surface area contributed by atoms with Crippen molar-refractivity contribution in [1.29, 1.82) is 0 Å². The molecule has 2 heterocycles. The highest BCUT2D eigenvalue weighted by molar-refractivity contribution is 5.45. The van der Waals surface area contributed by atoms with Gasteiger partial charge in [-0.1, -0.05) is 77.8 Å². The highest BCUT2D eigenvalue weighted by atomic mass is 16.5. The van der Waals surface area contributed by atoms with Crippen LogP contribution in [0.2, 0.25) is 0 Å². The molecule has 1 N–H and O–H groups in total. The fourth-order valence-corrected chi connectivity index (χ4v) is 4.41. The predicted octanol–water partition coefficient (Wildman–Crippen LogP) is 3.83. The summed E-state index contributed by atoms with van der Waals surface area (Å²) in [5.74, 6) is 1.50. The second-order valence-corrected chi connectivity index (χ2v) is 7.67. The minimum absolute atomic E-state index is 0.381. The van der Waals surface area contributed by atoms with E-state index < -0.39 is 5.72 Å². The van der Waals surface area contributed by atoms with Crippen molar-refractivity contribution in [2.75, 3.05) is 12.0 Å². The van der Waals surface area contributed by atoms with Gasteiger partial charge in [0.05, 0.1) is 19.9 Å². The van der Waals surface area contributed by atoms with Crippen LogP contribution in [0.1, 0.15) is 22.7 Å². The fourth-order valence-electron chi connectivity index (χ4n) is 4.41. The average Bonchev–Trinajstić information content (AvgIpc) is 3.09. The van der Waals surface area contributed by atoms with Crippen molar-refractivity contribution < 1.29 is 14.4 Å². The van der Waals surface area contributed by atoms with Crippen LogP contribution < -0.4 is 14.2 Å². The van der Waals surface area contributed by atoms with Crippen molar-refractivity contribution in [1.82, 2.24) is 4.98 Å². The van der Waals surface area contributed by atoms with Crippen LogP contribution in [0.5, 0.6) is 5.75 Å². The lowest BCUT2D eigenvalue weighted by Gasteiger charge is -2.33. The molecule has 2 atom stereocenters. The summed E-state index contributed by atoms with van der Waals surface area (Å²) in [5, 5.41) is 12.5. The Hall–Kier alpha value is -3.70. The summed E-state index contributed by atoms with van der Waals surface area (Å²) in [6, 6.07) is 29.4. The first-order chi connectivity index (χ1) is 15.2. The monoisotopic (exact) mass is 410 g/mol. The standard InChI is InChI=1S/C26H24N3O2/c1-31-23-15-13-21(14-16-23)24-26(30,22-11-6-3-7-12-22)29(19-20-9-4-2-5-10-20)25-27-17-8-18-28(24)25/h2-18,24,30H,19H2,1H3/q+1. The molecule has 0 saturated carbocycles. The zero-order valence-electron chi connectivity index (χ0n) is 17.3. The molecule has 0 amide bonds. The minimum atomic E-state index is -1.33. The van der Waals surface area contributed by atoms with E-state index in [0.717, 1.165) is 28.4 Å². The largest absolute Gasteiger partial charge is 0.497 e. The molecule has 3 aromatic carbocycles. The summed E-state index contributed by atoms with van der Waals surface area (Å²) in [6.45, 7) is 0.524. The third-order valence-electron chi connectivity index (χ3n) is 5.88. The van der Waals surface area contributed by atoms with E-state index in [1.54, 1.807) is 13.3 Å². The third kappa shape index (κ3) is 3.23. The molecule has 4 aromatic rings. The lowest BCUT2D eigenvalue weighted by atomic mass is 9.89. The number of nitrogens with zero attached hydrogens (tertiary/aromatic N) is 3. The number of aromatic nitrogens is 2. The van der Waals surface area contributed by atoms with Crippen LogP contribution >= 0.6 is 0 Å². The first-order valence-corrected chi connectivity index (χ1v) is 10.3. The molecule has 2 unspecified atom stereocenters. The third-order valence-corrected chi connectivity index (χ3v) is 5.88. The molecular weight excluding hydrogens is 386 g/mol. The molecule has 0 fully saturated rings. The molecule has 1 aromatic heterocycles. The van der Waals surface area contributed by atoms with Gasteiger partial charge in [0.1, 0.15) is 11.9 Å². The van der Waals surface area contributed by atoms with Gasteiger partial charge in [-0.15, -0.1) is 0 Å². The van der Waals surface area contributed by atoms with Gasteiger partial charge < -0.3 is 9.84 Å². The van der Waals surface area contributed by atoms with Crippen LogP contribution in [0.3, 0.4) is 0 Å². The minimum Gasteiger partial charge on any atom is -0.497 e. The molecule has 0 saturated heterocycles. The SMILES string of the molecule is COc1ccc(C2[n+]3cccnc3N(Cc3ccccc3)C2(O)c2ccccc2)cc1. The summed E-state index contributed by atoms with van der Waals surface area (Å²) in [6.07, 6.45) is 3.75. The van der Waals surface area contributed by atoms with E-state index in [2.05, 4.69) is 21.7 Å². The maximum absolute atomic E-state index is 12.5. The summed E-state index contributed by atoms with van der Waals surface area (Å²) >= 11 is 0. The van der Waals surface area contributed by atoms with Gasteiger partial charge in [-0.25, -0.2) is 9.47 Å². The van der Waals surface area contributed by atoms with E-state index in [9.17, 15) is 5.11 Å². The quantitative estimate of drug-likeness (QED) is 0.508. The first-order valence-electron chi connectivity index (χ1n) is 10.3. The number of hydrogen-bond donors (Lipinski definition) is 1. The average molecular weight is 410 g/mol. The number of methoxy groups -OCH3 is 1. The Morgan fingerprint density at radius 1 is 0.935 bits per heavy atom. The second-order valence-electron chi connectivity index (χ2n) is 7.67. The molecular formula is C26H24N3O2+. The van der Waals surface area contributed by atoms with Crippen molar-refractivity contribution in [2.24, 2.45) is 0 Å². The van der Waals surface area contributed by atoms with Crippen molar-refractivity contribution >= 4 is 5.95 Å². The number of aliphatic hydroxyl groups is 1. The lowest BCUT2D eigenvalue weighted by molar-refractivity contribution is -0.703. The van der Waals surface area contributed by atoms with Crippen LogP contribution in [0.15, 0.2) is 103 Å². The Morgan fingerprint density at radius 3 is 2.29 bits per heavy atom. The Labute approximate surface area is 181 Å². The summed E-state index contributed by atoms with van der Waals surface area (Å²) in [7, 11) is 1.65. The molecule has 31 heavy (non-hydrogen) atoms.